The Morgan fingerprint density at radius 2 is 2.27 bits per heavy atom. The highest BCUT2D eigenvalue weighted by molar-refractivity contribution is 5.87. The van der Waals surface area contributed by atoms with Crippen LogP contribution in [0.15, 0.2) is 36.6 Å². The highest BCUT2D eigenvalue weighted by Gasteiger charge is 2.40. The molecule has 0 spiro atoms. The normalized spacial score (nSPS) is 33.6. The summed E-state index contributed by atoms with van der Waals surface area (Å²) in [7, 11) is 0. The third kappa shape index (κ3) is 2.13. The van der Waals surface area contributed by atoms with Gasteiger partial charge in [0.25, 0.3) is 0 Å². The van der Waals surface area contributed by atoms with Gasteiger partial charge in [-0.3, -0.25) is 4.98 Å². The molecular formula is C17H18N2O3. The van der Waals surface area contributed by atoms with Gasteiger partial charge >= 0.3 is 5.97 Å². The maximum absolute atomic E-state index is 11.1. The van der Waals surface area contributed by atoms with Gasteiger partial charge in [-0.2, -0.15) is 0 Å². The molecule has 22 heavy (non-hydrogen) atoms. The van der Waals surface area contributed by atoms with E-state index < -0.39 is 5.97 Å². The van der Waals surface area contributed by atoms with Crippen LogP contribution in [0.25, 0.3) is 0 Å². The van der Waals surface area contributed by atoms with Gasteiger partial charge in [0.2, 0.25) is 0 Å². The van der Waals surface area contributed by atoms with Crippen LogP contribution >= 0.6 is 0 Å². The zero-order valence-electron chi connectivity index (χ0n) is 12.1. The lowest BCUT2D eigenvalue weighted by molar-refractivity contribution is 0.0696. The maximum Gasteiger partial charge on any atom is 0.337 e. The number of ether oxygens (including phenoxy) is 1. The van der Waals surface area contributed by atoms with E-state index in [1.807, 2.05) is 6.08 Å². The van der Waals surface area contributed by atoms with Crippen molar-refractivity contribution in [1.82, 2.24) is 10.3 Å². The molecule has 0 amide bonds. The number of fused-ring (bicyclic) bond motifs is 5. The second-order valence-corrected chi connectivity index (χ2v) is 6.07. The molecule has 2 aliphatic heterocycles. The Bertz CT molecular complexity index is 668. The number of nitrogens with one attached hydrogen (secondary N) is 1. The van der Waals surface area contributed by atoms with Crippen molar-refractivity contribution in [2.45, 2.75) is 18.4 Å². The van der Waals surface area contributed by atoms with Crippen LogP contribution in [0.1, 0.15) is 28.4 Å². The van der Waals surface area contributed by atoms with Crippen molar-refractivity contribution in [2.75, 3.05) is 13.2 Å². The summed E-state index contributed by atoms with van der Waals surface area (Å²) < 4.78 is 5.72. The monoisotopic (exact) mass is 298 g/mol. The molecule has 4 atom stereocenters. The number of aromatic nitrogens is 1. The van der Waals surface area contributed by atoms with E-state index in [4.69, 9.17) is 9.84 Å². The van der Waals surface area contributed by atoms with Gasteiger partial charge in [0.05, 0.1) is 11.3 Å². The van der Waals surface area contributed by atoms with Gasteiger partial charge in [-0.25, -0.2) is 4.79 Å². The van der Waals surface area contributed by atoms with Gasteiger partial charge in [0.15, 0.2) is 0 Å². The quantitative estimate of drug-likeness (QED) is 0.776. The molecule has 1 saturated heterocycles. The third-order valence-electron chi connectivity index (χ3n) is 4.89. The fourth-order valence-electron chi connectivity index (χ4n) is 3.85. The average molecular weight is 298 g/mol. The van der Waals surface area contributed by atoms with Crippen molar-refractivity contribution < 1.29 is 14.6 Å². The highest BCUT2D eigenvalue weighted by atomic mass is 16.5. The van der Waals surface area contributed by atoms with Crippen LogP contribution in [0.3, 0.4) is 0 Å². The van der Waals surface area contributed by atoms with E-state index in [9.17, 15) is 4.79 Å². The van der Waals surface area contributed by atoms with E-state index in [1.165, 1.54) is 6.20 Å². The standard InChI is InChI=1S/C17H18N2O3/c20-17(21)10-8-15-16(19-9-10)13-3-4-14-12(5-6-18-14)11(13)2-1-7-22-15/h1-4,8-9,11-14,18H,5-7H2,(H,20,21)/b2-1-. The first kappa shape index (κ1) is 13.5. The van der Waals surface area contributed by atoms with Gasteiger partial charge in [0.1, 0.15) is 12.4 Å². The van der Waals surface area contributed by atoms with E-state index in [-0.39, 0.29) is 11.5 Å². The van der Waals surface area contributed by atoms with Crippen molar-refractivity contribution in [3.8, 4) is 5.75 Å². The molecular weight excluding hydrogens is 280 g/mol. The molecule has 5 heteroatoms. The summed E-state index contributed by atoms with van der Waals surface area (Å²) in [5.41, 5.74) is 1.01. The molecule has 3 heterocycles. The van der Waals surface area contributed by atoms with Crippen molar-refractivity contribution in [1.29, 1.82) is 0 Å². The van der Waals surface area contributed by atoms with Crippen LogP contribution < -0.4 is 10.1 Å². The highest BCUT2D eigenvalue weighted by Crippen LogP contribution is 2.44. The molecule has 5 nitrogen and oxygen atoms in total. The van der Waals surface area contributed by atoms with E-state index in [2.05, 4.69) is 28.5 Å². The second kappa shape index (κ2) is 5.25. The van der Waals surface area contributed by atoms with Crippen LogP contribution in [0, 0.1) is 11.8 Å². The van der Waals surface area contributed by atoms with Crippen molar-refractivity contribution >= 4 is 5.97 Å². The predicted octanol–water partition coefficient (Wildman–Crippen LogP) is 1.98. The molecule has 0 saturated carbocycles. The Morgan fingerprint density at radius 1 is 1.36 bits per heavy atom. The molecule has 4 unspecified atom stereocenters. The van der Waals surface area contributed by atoms with Crippen molar-refractivity contribution in [2.24, 2.45) is 11.8 Å². The third-order valence-corrected chi connectivity index (χ3v) is 4.89. The minimum absolute atomic E-state index is 0.149. The lowest BCUT2D eigenvalue weighted by Gasteiger charge is -2.35. The lowest BCUT2D eigenvalue weighted by atomic mass is 9.71. The zero-order valence-corrected chi connectivity index (χ0v) is 12.1. The number of hydrogen-bond acceptors (Lipinski definition) is 4. The molecule has 0 radical (unpaired) electrons. The van der Waals surface area contributed by atoms with Crippen molar-refractivity contribution in [3.05, 3.63) is 47.8 Å². The molecule has 0 bridgehead atoms. The van der Waals surface area contributed by atoms with Crippen LogP contribution in [-0.2, 0) is 0 Å². The van der Waals surface area contributed by atoms with Gasteiger partial charge < -0.3 is 15.2 Å². The number of pyridine rings is 1. The maximum atomic E-state index is 11.1. The molecule has 4 rings (SSSR count). The summed E-state index contributed by atoms with van der Waals surface area (Å²) in [5, 5.41) is 12.7. The van der Waals surface area contributed by atoms with Crippen LogP contribution in [0.5, 0.6) is 5.75 Å². The number of carboxylic acids is 1. The van der Waals surface area contributed by atoms with E-state index in [1.54, 1.807) is 6.07 Å². The zero-order chi connectivity index (χ0) is 15.1. The summed E-state index contributed by atoms with van der Waals surface area (Å²) in [5.74, 6) is 0.713. The molecule has 1 fully saturated rings. The summed E-state index contributed by atoms with van der Waals surface area (Å²) in [6.45, 7) is 1.50. The summed E-state index contributed by atoms with van der Waals surface area (Å²) in [4.78, 5) is 15.6. The molecule has 1 aromatic rings. The molecule has 114 valence electrons. The van der Waals surface area contributed by atoms with Crippen LogP contribution in [-0.4, -0.2) is 35.3 Å². The Hall–Kier alpha value is -2.14. The Kier molecular flexibility index (Phi) is 3.22. The Balaban J connectivity index is 1.79. The number of nitrogens with zero attached hydrogens (tertiary/aromatic N) is 1. The number of aromatic carboxylic acids is 1. The number of allylic oxidation sites excluding steroid dienone is 2. The summed E-state index contributed by atoms with van der Waals surface area (Å²) in [6.07, 6.45) is 11.3. The number of carboxylic acid groups (broad SMARTS) is 1. The predicted molar refractivity (Wildman–Crippen MR) is 81.1 cm³/mol. The van der Waals surface area contributed by atoms with Gasteiger partial charge in [-0.1, -0.05) is 24.3 Å². The molecule has 3 aliphatic rings. The Morgan fingerprint density at radius 3 is 3.14 bits per heavy atom. The average Bonchev–Trinajstić information content (AvgIpc) is 2.97. The number of carbonyl (C=O) groups is 1. The fraction of sp³-hybridized carbons (Fsp3) is 0.412. The van der Waals surface area contributed by atoms with E-state index in [0.717, 1.165) is 18.7 Å². The second-order valence-electron chi connectivity index (χ2n) is 6.07. The lowest BCUT2D eigenvalue weighted by Crippen LogP contribution is -2.35. The first-order valence-electron chi connectivity index (χ1n) is 7.68. The minimum Gasteiger partial charge on any atom is -0.488 e. The number of rotatable bonds is 1. The molecule has 1 aliphatic carbocycles. The van der Waals surface area contributed by atoms with Gasteiger partial charge in [0, 0.05) is 18.2 Å². The topological polar surface area (TPSA) is 71.5 Å². The van der Waals surface area contributed by atoms with E-state index >= 15 is 0 Å². The number of hydrogen-bond donors (Lipinski definition) is 2. The van der Waals surface area contributed by atoms with Crippen LogP contribution in [0.2, 0.25) is 0 Å². The first-order chi connectivity index (χ1) is 10.7. The Labute approximate surface area is 128 Å². The van der Waals surface area contributed by atoms with Crippen molar-refractivity contribution in [3.63, 3.8) is 0 Å². The van der Waals surface area contributed by atoms with Gasteiger partial charge in [-0.05, 0) is 30.9 Å². The molecule has 1 aromatic heterocycles. The SMILES string of the molecule is O=C(O)c1cnc2c(c1)OC/C=C\C1C2C=CC2NCCC21. The van der Waals surface area contributed by atoms with E-state index in [0.29, 0.717) is 30.2 Å². The van der Waals surface area contributed by atoms with Gasteiger partial charge in [-0.15, -0.1) is 0 Å². The summed E-state index contributed by atoms with van der Waals surface area (Å²) in [6, 6.07) is 2.03. The largest absolute Gasteiger partial charge is 0.488 e. The summed E-state index contributed by atoms with van der Waals surface area (Å²) >= 11 is 0. The molecule has 0 aromatic carbocycles. The minimum atomic E-state index is -0.979. The molecule has 2 N–H and O–H groups in total. The fourth-order valence-corrected chi connectivity index (χ4v) is 3.85. The first-order valence-corrected chi connectivity index (χ1v) is 7.68. The smallest absolute Gasteiger partial charge is 0.337 e. The van der Waals surface area contributed by atoms with Crippen LogP contribution in [0.4, 0.5) is 0 Å².